The Morgan fingerprint density at radius 3 is 2.50 bits per heavy atom. The van der Waals surface area contributed by atoms with Gasteiger partial charge in [-0.3, -0.25) is 4.90 Å². The van der Waals surface area contributed by atoms with Crippen LogP contribution >= 0.6 is 0 Å². The lowest BCUT2D eigenvalue weighted by atomic mass is 9.81. The molecule has 18 heavy (non-hydrogen) atoms. The van der Waals surface area contributed by atoms with E-state index in [-0.39, 0.29) is 5.54 Å². The van der Waals surface area contributed by atoms with E-state index in [1.54, 1.807) is 0 Å². The van der Waals surface area contributed by atoms with Crippen molar-refractivity contribution in [3.63, 3.8) is 0 Å². The predicted octanol–water partition coefficient (Wildman–Crippen LogP) is 3.49. The molecule has 2 bridgehead atoms. The van der Waals surface area contributed by atoms with Gasteiger partial charge in [0.25, 0.3) is 0 Å². The highest BCUT2D eigenvalue weighted by Crippen LogP contribution is 2.54. The molecule has 0 fully saturated rings. The fraction of sp³-hybridized carbons (Fsp3) is 0.294. The molecule has 2 atom stereocenters. The standard InChI is InChI=1S/C17H17N/c1-17-14-9-5-3-7-12(14)11-16(18(17)2)13-8-4-6-10-15(13)17/h3-10,16H,11H2,1-2H3/t16-,17+/m1/s1. The van der Waals surface area contributed by atoms with E-state index in [9.17, 15) is 0 Å². The minimum atomic E-state index is 0.0517. The average molecular weight is 235 g/mol. The van der Waals surface area contributed by atoms with Gasteiger partial charge in [-0.15, -0.1) is 0 Å². The summed E-state index contributed by atoms with van der Waals surface area (Å²) >= 11 is 0. The normalized spacial score (nSPS) is 28.9. The topological polar surface area (TPSA) is 3.24 Å². The maximum atomic E-state index is 2.54. The highest BCUT2D eigenvalue weighted by atomic mass is 15.2. The Balaban J connectivity index is 2.08. The minimum Gasteiger partial charge on any atom is -0.286 e. The summed E-state index contributed by atoms with van der Waals surface area (Å²) in [7, 11) is 2.26. The summed E-state index contributed by atoms with van der Waals surface area (Å²) in [4.78, 5) is 2.54. The van der Waals surface area contributed by atoms with Crippen molar-refractivity contribution in [2.75, 3.05) is 7.05 Å². The van der Waals surface area contributed by atoms with Crippen LogP contribution in [0.25, 0.3) is 0 Å². The number of fused-ring (bicyclic) bond motifs is 7. The molecular weight excluding hydrogens is 218 g/mol. The van der Waals surface area contributed by atoms with Crippen LogP contribution in [0.2, 0.25) is 0 Å². The second kappa shape index (κ2) is 3.24. The monoisotopic (exact) mass is 235 g/mol. The van der Waals surface area contributed by atoms with Gasteiger partial charge in [-0.1, -0.05) is 48.5 Å². The summed E-state index contributed by atoms with van der Waals surface area (Å²) in [5, 5.41) is 0. The molecule has 0 aliphatic carbocycles. The van der Waals surface area contributed by atoms with Crippen molar-refractivity contribution in [2.24, 2.45) is 0 Å². The Kier molecular flexibility index (Phi) is 1.86. The van der Waals surface area contributed by atoms with Crippen LogP contribution in [0.3, 0.4) is 0 Å². The Bertz CT molecular complexity index is 618. The smallest absolute Gasteiger partial charge is 0.0695 e. The number of likely N-dealkylation sites (N-methyl/N-ethyl adjacent to an activating group) is 1. The molecule has 4 rings (SSSR count). The predicted molar refractivity (Wildman–Crippen MR) is 73.5 cm³/mol. The fourth-order valence-corrected chi connectivity index (χ4v) is 3.90. The first-order chi connectivity index (χ1) is 8.73. The lowest BCUT2D eigenvalue weighted by Gasteiger charge is -2.42. The Hall–Kier alpha value is -1.60. The van der Waals surface area contributed by atoms with Crippen molar-refractivity contribution in [3.8, 4) is 0 Å². The summed E-state index contributed by atoms with van der Waals surface area (Å²) in [6.45, 7) is 2.36. The van der Waals surface area contributed by atoms with Crippen molar-refractivity contribution in [2.45, 2.75) is 24.9 Å². The first-order valence-corrected chi connectivity index (χ1v) is 6.63. The molecule has 0 saturated heterocycles. The van der Waals surface area contributed by atoms with E-state index in [4.69, 9.17) is 0 Å². The third-order valence-corrected chi connectivity index (χ3v) is 4.97. The Morgan fingerprint density at radius 2 is 1.67 bits per heavy atom. The van der Waals surface area contributed by atoms with Gasteiger partial charge in [0.05, 0.1) is 5.54 Å². The van der Waals surface area contributed by atoms with Crippen molar-refractivity contribution in [1.82, 2.24) is 4.90 Å². The molecule has 0 unspecified atom stereocenters. The molecule has 90 valence electrons. The number of benzene rings is 2. The van der Waals surface area contributed by atoms with Gasteiger partial charge in [0, 0.05) is 6.04 Å². The SMILES string of the molecule is CN1[C@@H]2Cc3ccccc3[C@@]1(C)c1ccccc12. The molecular formula is C17H17N. The van der Waals surface area contributed by atoms with Crippen molar-refractivity contribution >= 4 is 0 Å². The average Bonchev–Trinajstić information content (AvgIpc) is 2.56. The second-order valence-electron chi connectivity index (χ2n) is 5.65. The lowest BCUT2D eigenvalue weighted by Crippen LogP contribution is -2.42. The van der Waals surface area contributed by atoms with Gasteiger partial charge in [-0.05, 0) is 42.6 Å². The van der Waals surface area contributed by atoms with E-state index in [2.05, 4.69) is 67.4 Å². The summed E-state index contributed by atoms with van der Waals surface area (Å²) in [5.74, 6) is 0. The third kappa shape index (κ3) is 1.02. The largest absolute Gasteiger partial charge is 0.286 e. The highest BCUT2D eigenvalue weighted by molar-refractivity contribution is 5.54. The number of rotatable bonds is 0. The molecule has 2 aromatic carbocycles. The zero-order chi connectivity index (χ0) is 12.3. The molecule has 0 saturated carbocycles. The maximum absolute atomic E-state index is 2.54. The number of hydrogen-bond donors (Lipinski definition) is 0. The molecule has 2 aromatic rings. The molecule has 0 N–H and O–H groups in total. The van der Waals surface area contributed by atoms with Crippen LogP contribution in [-0.4, -0.2) is 11.9 Å². The molecule has 0 aromatic heterocycles. The quantitative estimate of drug-likeness (QED) is 0.675. The molecule has 0 radical (unpaired) electrons. The van der Waals surface area contributed by atoms with Crippen molar-refractivity contribution in [3.05, 3.63) is 70.8 Å². The third-order valence-electron chi connectivity index (χ3n) is 4.97. The Morgan fingerprint density at radius 1 is 1.00 bits per heavy atom. The summed E-state index contributed by atoms with van der Waals surface area (Å²) in [6.07, 6.45) is 1.14. The highest BCUT2D eigenvalue weighted by Gasteiger charge is 2.49. The van der Waals surface area contributed by atoms with E-state index >= 15 is 0 Å². The van der Waals surface area contributed by atoms with E-state index in [0.29, 0.717) is 6.04 Å². The fourth-order valence-electron chi connectivity index (χ4n) is 3.90. The van der Waals surface area contributed by atoms with Gasteiger partial charge in [-0.25, -0.2) is 0 Å². The van der Waals surface area contributed by atoms with Gasteiger partial charge >= 0.3 is 0 Å². The summed E-state index contributed by atoms with van der Waals surface area (Å²) < 4.78 is 0. The second-order valence-corrected chi connectivity index (χ2v) is 5.65. The zero-order valence-electron chi connectivity index (χ0n) is 10.9. The van der Waals surface area contributed by atoms with Crippen LogP contribution in [-0.2, 0) is 12.0 Å². The molecule has 2 aliphatic rings. The van der Waals surface area contributed by atoms with Crippen LogP contribution in [0.15, 0.2) is 48.5 Å². The maximum Gasteiger partial charge on any atom is 0.0695 e. The van der Waals surface area contributed by atoms with Crippen LogP contribution in [0.1, 0.15) is 35.2 Å². The van der Waals surface area contributed by atoms with E-state index in [1.807, 2.05) is 0 Å². The zero-order valence-corrected chi connectivity index (χ0v) is 10.9. The van der Waals surface area contributed by atoms with E-state index < -0.39 is 0 Å². The Labute approximate surface area is 108 Å². The molecule has 0 amide bonds. The molecule has 1 nitrogen and oxygen atoms in total. The van der Waals surface area contributed by atoms with Crippen LogP contribution < -0.4 is 0 Å². The van der Waals surface area contributed by atoms with Gasteiger partial charge in [0.15, 0.2) is 0 Å². The molecule has 1 heteroatoms. The first-order valence-electron chi connectivity index (χ1n) is 6.63. The molecule has 0 spiro atoms. The summed E-state index contributed by atoms with van der Waals surface area (Å²) in [6, 6.07) is 18.4. The van der Waals surface area contributed by atoms with Crippen molar-refractivity contribution < 1.29 is 0 Å². The first kappa shape index (κ1) is 10.3. The van der Waals surface area contributed by atoms with Gasteiger partial charge in [0.2, 0.25) is 0 Å². The minimum absolute atomic E-state index is 0.0517. The van der Waals surface area contributed by atoms with Crippen LogP contribution in [0.4, 0.5) is 0 Å². The van der Waals surface area contributed by atoms with E-state index in [1.165, 1.54) is 22.3 Å². The van der Waals surface area contributed by atoms with Crippen LogP contribution in [0, 0.1) is 0 Å². The molecule has 2 heterocycles. The van der Waals surface area contributed by atoms with Crippen molar-refractivity contribution in [1.29, 1.82) is 0 Å². The number of hydrogen-bond acceptors (Lipinski definition) is 1. The van der Waals surface area contributed by atoms with E-state index in [0.717, 1.165) is 6.42 Å². The van der Waals surface area contributed by atoms with Gasteiger partial charge in [-0.2, -0.15) is 0 Å². The number of nitrogens with zero attached hydrogens (tertiary/aromatic N) is 1. The van der Waals surface area contributed by atoms with Gasteiger partial charge in [0.1, 0.15) is 0 Å². The lowest BCUT2D eigenvalue weighted by molar-refractivity contribution is 0.133. The van der Waals surface area contributed by atoms with Crippen LogP contribution in [0.5, 0.6) is 0 Å². The molecule has 2 aliphatic heterocycles. The summed E-state index contributed by atoms with van der Waals surface area (Å²) in [5.41, 5.74) is 6.05. The van der Waals surface area contributed by atoms with Gasteiger partial charge < -0.3 is 0 Å².